The summed E-state index contributed by atoms with van der Waals surface area (Å²) in [6, 6.07) is 7.06. The minimum absolute atomic E-state index is 0.0419. The molecule has 1 heterocycles. The standard InChI is InChI=1S/C14H12F3N3OS/c1-18-12(21)9-5-3-8(4-6-9)10-7-11(14(15,16)17)20-13(19-10)22-2/h3-7H,1-2H3,(H,18,21). The first-order valence-corrected chi connectivity index (χ1v) is 7.40. The average molecular weight is 327 g/mol. The van der Waals surface area contributed by atoms with Crippen LogP contribution in [-0.2, 0) is 6.18 Å². The van der Waals surface area contributed by atoms with Crippen LogP contribution in [0.15, 0.2) is 35.5 Å². The Kier molecular flexibility index (Phi) is 4.70. The number of rotatable bonds is 3. The van der Waals surface area contributed by atoms with E-state index in [4.69, 9.17) is 0 Å². The third-order valence-electron chi connectivity index (χ3n) is 2.85. The predicted octanol–water partition coefficient (Wildman–Crippen LogP) is 3.24. The number of alkyl halides is 3. The zero-order valence-electron chi connectivity index (χ0n) is 11.7. The number of carbonyl (C=O) groups excluding carboxylic acids is 1. The highest BCUT2D eigenvalue weighted by Gasteiger charge is 2.33. The van der Waals surface area contributed by atoms with Gasteiger partial charge < -0.3 is 5.32 Å². The summed E-state index contributed by atoms with van der Waals surface area (Å²) in [6.45, 7) is 0. The molecule has 22 heavy (non-hydrogen) atoms. The summed E-state index contributed by atoms with van der Waals surface area (Å²) in [5.41, 5.74) is 0.0738. The molecule has 0 aliphatic rings. The zero-order valence-corrected chi connectivity index (χ0v) is 12.5. The summed E-state index contributed by atoms with van der Waals surface area (Å²) in [7, 11) is 1.50. The Balaban J connectivity index is 2.45. The van der Waals surface area contributed by atoms with Crippen molar-refractivity contribution in [3.05, 3.63) is 41.6 Å². The number of nitrogens with one attached hydrogen (secondary N) is 1. The first-order chi connectivity index (χ1) is 10.3. The normalized spacial score (nSPS) is 11.3. The summed E-state index contributed by atoms with van der Waals surface area (Å²) in [4.78, 5) is 19.0. The van der Waals surface area contributed by atoms with Crippen LogP contribution < -0.4 is 5.32 Å². The maximum Gasteiger partial charge on any atom is 0.433 e. The van der Waals surface area contributed by atoms with Crippen molar-refractivity contribution in [3.63, 3.8) is 0 Å². The van der Waals surface area contributed by atoms with Crippen molar-refractivity contribution in [3.8, 4) is 11.3 Å². The van der Waals surface area contributed by atoms with E-state index in [0.29, 0.717) is 11.1 Å². The fourth-order valence-corrected chi connectivity index (χ4v) is 2.13. The number of amides is 1. The van der Waals surface area contributed by atoms with Gasteiger partial charge in [0.15, 0.2) is 5.16 Å². The van der Waals surface area contributed by atoms with Crippen LogP contribution in [0.4, 0.5) is 13.2 Å². The molecule has 8 heteroatoms. The lowest BCUT2D eigenvalue weighted by Gasteiger charge is -2.10. The van der Waals surface area contributed by atoms with Gasteiger partial charge in [-0.25, -0.2) is 9.97 Å². The first-order valence-electron chi connectivity index (χ1n) is 6.18. The molecule has 0 aliphatic carbocycles. The van der Waals surface area contributed by atoms with Gasteiger partial charge in [0.2, 0.25) is 0 Å². The van der Waals surface area contributed by atoms with Crippen molar-refractivity contribution >= 4 is 17.7 Å². The van der Waals surface area contributed by atoms with Gasteiger partial charge in [-0.1, -0.05) is 23.9 Å². The third-order valence-corrected chi connectivity index (χ3v) is 3.40. The minimum Gasteiger partial charge on any atom is -0.355 e. The highest BCUT2D eigenvalue weighted by molar-refractivity contribution is 7.98. The van der Waals surface area contributed by atoms with Gasteiger partial charge in [-0.05, 0) is 24.5 Å². The van der Waals surface area contributed by atoms with Crippen molar-refractivity contribution in [2.24, 2.45) is 0 Å². The molecule has 1 aromatic heterocycles. The molecule has 0 saturated carbocycles. The van der Waals surface area contributed by atoms with Crippen LogP contribution in [0.1, 0.15) is 16.1 Å². The van der Waals surface area contributed by atoms with Gasteiger partial charge in [0, 0.05) is 18.2 Å². The molecular weight excluding hydrogens is 315 g/mol. The number of thioether (sulfide) groups is 1. The molecule has 2 aromatic rings. The smallest absolute Gasteiger partial charge is 0.355 e. The highest BCUT2D eigenvalue weighted by Crippen LogP contribution is 2.31. The molecule has 4 nitrogen and oxygen atoms in total. The molecule has 0 saturated heterocycles. The largest absolute Gasteiger partial charge is 0.433 e. The quantitative estimate of drug-likeness (QED) is 0.694. The number of hydrogen-bond acceptors (Lipinski definition) is 4. The van der Waals surface area contributed by atoms with Gasteiger partial charge in [0.05, 0.1) is 5.69 Å². The van der Waals surface area contributed by atoms with Crippen LogP contribution in [0, 0.1) is 0 Å². The van der Waals surface area contributed by atoms with Crippen LogP contribution in [0.5, 0.6) is 0 Å². The average Bonchev–Trinajstić information content (AvgIpc) is 2.53. The summed E-state index contributed by atoms with van der Waals surface area (Å²) in [5, 5.41) is 2.51. The maximum atomic E-state index is 12.9. The number of benzene rings is 1. The Hall–Kier alpha value is -2.09. The van der Waals surface area contributed by atoms with Crippen LogP contribution in [0.25, 0.3) is 11.3 Å². The van der Waals surface area contributed by atoms with E-state index in [1.54, 1.807) is 18.4 Å². The maximum absolute atomic E-state index is 12.9. The zero-order chi connectivity index (χ0) is 16.3. The Labute approximate surface area is 129 Å². The summed E-state index contributed by atoms with van der Waals surface area (Å²) in [6.07, 6.45) is -2.93. The van der Waals surface area contributed by atoms with Gasteiger partial charge in [-0.2, -0.15) is 13.2 Å². The molecule has 2 rings (SSSR count). The first kappa shape index (κ1) is 16.3. The Morgan fingerprint density at radius 2 is 1.82 bits per heavy atom. The second-order valence-corrected chi connectivity index (χ2v) is 5.05. The van der Waals surface area contributed by atoms with Gasteiger partial charge in [-0.3, -0.25) is 4.79 Å². The second kappa shape index (κ2) is 6.35. The molecule has 0 fully saturated rings. The van der Waals surface area contributed by atoms with Crippen molar-refractivity contribution < 1.29 is 18.0 Å². The number of halogens is 3. The molecular formula is C14H12F3N3OS. The van der Waals surface area contributed by atoms with Gasteiger partial charge >= 0.3 is 6.18 Å². The number of carbonyl (C=O) groups is 1. The third kappa shape index (κ3) is 3.56. The molecule has 116 valence electrons. The van der Waals surface area contributed by atoms with E-state index in [1.165, 1.54) is 19.2 Å². The molecule has 0 unspecified atom stereocenters. The molecule has 0 bridgehead atoms. The fourth-order valence-electron chi connectivity index (χ4n) is 1.75. The topological polar surface area (TPSA) is 54.9 Å². The van der Waals surface area contributed by atoms with Crippen molar-refractivity contribution in [1.29, 1.82) is 0 Å². The van der Waals surface area contributed by atoms with Crippen LogP contribution in [0.2, 0.25) is 0 Å². The van der Waals surface area contributed by atoms with E-state index in [1.807, 2.05) is 0 Å². The van der Waals surface area contributed by atoms with Gasteiger partial charge in [0.25, 0.3) is 5.91 Å². The lowest BCUT2D eigenvalue weighted by Crippen LogP contribution is -2.17. The molecule has 1 amide bonds. The molecule has 0 radical (unpaired) electrons. The Morgan fingerprint density at radius 3 is 2.32 bits per heavy atom. The van der Waals surface area contributed by atoms with E-state index in [2.05, 4.69) is 15.3 Å². The molecule has 0 aliphatic heterocycles. The summed E-state index contributed by atoms with van der Waals surface area (Å²) < 4.78 is 38.6. The lowest BCUT2D eigenvalue weighted by molar-refractivity contribution is -0.141. The monoisotopic (exact) mass is 327 g/mol. The van der Waals surface area contributed by atoms with E-state index < -0.39 is 11.9 Å². The van der Waals surface area contributed by atoms with Crippen molar-refractivity contribution in [2.45, 2.75) is 11.3 Å². The van der Waals surface area contributed by atoms with E-state index in [0.717, 1.165) is 17.8 Å². The molecule has 0 atom stereocenters. The molecule has 1 aromatic carbocycles. The summed E-state index contributed by atoms with van der Waals surface area (Å²) in [5.74, 6) is -0.268. The van der Waals surface area contributed by atoms with Gasteiger partial charge in [0.1, 0.15) is 5.69 Å². The Bertz CT molecular complexity index is 687. The SMILES string of the molecule is CNC(=O)c1ccc(-c2cc(C(F)(F)F)nc(SC)n2)cc1. The van der Waals surface area contributed by atoms with Crippen molar-refractivity contribution in [1.82, 2.24) is 15.3 Å². The van der Waals surface area contributed by atoms with Gasteiger partial charge in [-0.15, -0.1) is 0 Å². The molecule has 0 spiro atoms. The Morgan fingerprint density at radius 1 is 1.18 bits per heavy atom. The van der Waals surface area contributed by atoms with Crippen LogP contribution >= 0.6 is 11.8 Å². The van der Waals surface area contributed by atoms with E-state index in [9.17, 15) is 18.0 Å². The minimum atomic E-state index is -4.54. The van der Waals surface area contributed by atoms with E-state index >= 15 is 0 Å². The molecule has 1 N–H and O–H groups in total. The van der Waals surface area contributed by atoms with Crippen molar-refractivity contribution in [2.75, 3.05) is 13.3 Å². The second-order valence-electron chi connectivity index (χ2n) is 4.28. The van der Waals surface area contributed by atoms with Crippen LogP contribution in [0.3, 0.4) is 0 Å². The summed E-state index contributed by atoms with van der Waals surface area (Å²) >= 11 is 1.03. The predicted molar refractivity (Wildman–Crippen MR) is 77.6 cm³/mol. The lowest BCUT2D eigenvalue weighted by atomic mass is 10.1. The fraction of sp³-hybridized carbons (Fsp3) is 0.214. The number of hydrogen-bond donors (Lipinski definition) is 1. The number of aromatic nitrogens is 2. The highest BCUT2D eigenvalue weighted by atomic mass is 32.2. The van der Waals surface area contributed by atoms with E-state index in [-0.39, 0.29) is 16.8 Å². The number of nitrogens with zero attached hydrogens (tertiary/aromatic N) is 2. The van der Waals surface area contributed by atoms with Crippen LogP contribution in [-0.4, -0.2) is 29.2 Å².